The predicted molar refractivity (Wildman–Crippen MR) is 516 cm³/mol. The smallest absolute Gasteiger partial charge is 0.410 e. The number of rotatable bonds is 23. The maximum absolute atomic E-state index is 14.8. The number of halogens is 3. The molecule has 25 nitrogen and oxygen atoms in total. The van der Waals surface area contributed by atoms with Gasteiger partial charge in [0.05, 0.1) is 58.5 Å². The number of aromatic nitrogens is 2. The van der Waals surface area contributed by atoms with E-state index in [2.05, 4.69) is 92.6 Å². The van der Waals surface area contributed by atoms with Crippen LogP contribution in [0.25, 0.3) is 34.0 Å². The molecule has 0 radical (unpaired) electrons. The number of hydrogen-bond donors (Lipinski definition) is 5. The maximum atomic E-state index is 14.8. The van der Waals surface area contributed by atoms with Gasteiger partial charge in [-0.05, 0) is 166 Å². The fourth-order valence-electron chi connectivity index (χ4n) is 16.0. The number of benzene rings is 6. The molecule has 2 fully saturated rings. The van der Waals surface area contributed by atoms with Crippen molar-refractivity contribution in [3.05, 3.63) is 217 Å². The summed E-state index contributed by atoms with van der Waals surface area (Å²) in [6.07, 6.45) is 5.89. The van der Waals surface area contributed by atoms with Gasteiger partial charge in [0.1, 0.15) is 36.4 Å². The van der Waals surface area contributed by atoms with Crippen molar-refractivity contribution in [1.82, 2.24) is 51.7 Å². The van der Waals surface area contributed by atoms with E-state index >= 15 is 0 Å². The van der Waals surface area contributed by atoms with Crippen LogP contribution in [-0.4, -0.2) is 181 Å². The molecular weight excluding hydrogens is 1740 g/mol. The van der Waals surface area contributed by atoms with Crippen LogP contribution in [0, 0.1) is 22.7 Å². The first-order valence-corrected chi connectivity index (χ1v) is 49.4. The molecule has 696 valence electrons. The van der Waals surface area contributed by atoms with E-state index in [0.29, 0.717) is 49.1 Å². The van der Waals surface area contributed by atoms with E-state index in [4.69, 9.17) is 72.6 Å². The Bertz CT molecular complexity index is 5300. The summed E-state index contributed by atoms with van der Waals surface area (Å²) >= 11 is 17.5. The van der Waals surface area contributed by atoms with Crippen LogP contribution < -0.4 is 47.5 Å². The first-order valence-electron chi connectivity index (χ1n) is 44.4. The van der Waals surface area contributed by atoms with Crippen molar-refractivity contribution in [2.75, 3.05) is 40.0 Å². The van der Waals surface area contributed by atoms with Gasteiger partial charge in [0.25, 0.3) is 40.3 Å². The Morgan fingerprint density at radius 1 is 0.654 bits per heavy atom. The van der Waals surface area contributed by atoms with Crippen LogP contribution >= 0.6 is 34.8 Å². The van der Waals surface area contributed by atoms with E-state index in [0.717, 1.165) is 48.2 Å². The van der Waals surface area contributed by atoms with E-state index in [1.807, 2.05) is 198 Å². The van der Waals surface area contributed by atoms with E-state index in [9.17, 15) is 43.2 Å². The van der Waals surface area contributed by atoms with E-state index in [-0.39, 0.29) is 31.7 Å². The zero-order valence-electron chi connectivity index (χ0n) is 78.3. The molecule has 0 aliphatic carbocycles. The van der Waals surface area contributed by atoms with Crippen LogP contribution in [0.5, 0.6) is 0 Å². The molecule has 130 heavy (non-hydrogen) atoms. The summed E-state index contributed by atoms with van der Waals surface area (Å²) in [5.41, 5.74) is 7.53. The standard InChI is InChI=1S/C54H70Cl3N5O9Si.C46H57N5O6Si/c1-35(2)45(70-49(66)53(10,11)30-29-37-25-26-38-27-28-41(58-43(38)32-37)36(3)61(12)50(67)71-51(4,5)6)46(63)59-44(47(64)62-31-19-24-42(60-62)48(65)68-34-54(55,56)57)33-69-72(52(7,8)9,39-20-15-13-16-21-39)40-22-17-14-18-23-40;1-30(2)40-42(53)49-39(29-56-58(45(4,5)6,34-16-11-9-12-17-34)35-18-13-10-14-19-35)43(54)51-27-15-20-37(50-51)41(52)47-31(3)36-24-23-33-22-21-32(28-38(33)48-36)25-26-46(7,8)44(55)57-40/h13-18,20-23,25-30,32,35-36,42,44-45,60H,19,24,31,33-34H2,1-12H3,(H,59,63);9-14,16-19,21-26,28,30-31,37,39-40,50H,15,20,27,29H2,1-8H3,(H,47,52)(H,49,53)/b30-29+;26-25+/t36-,42+,44+,45+;31-,37+,39+,40+/m11/s1. The zero-order valence-corrected chi connectivity index (χ0v) is 82.5. The Labute approximate surface area is 781 Å². The number of nitrogens with one attached hydrogen (secondary N) is 5. The Morgan fingerprint density at radius 3 is 1.74 bits per heavy atom. The highest BCUT2D eigenvalue weighted by Gasteiger charge is 2.54. The number of alkyl halides is 3. The molecule has 3 aliphatic heterocycles. The molecular formula is C100H127Cl3N10O15Si2. The molecule has 2 aromatic heterocycles. The molecule has 6 amide bonds. The first-order chi connectivity index (χ1) is 61.0. The molecule has 0 spiro atoms. The van der Waals surface area contributed by atoms with Crippen molar-refractivity contribution in [1.29, 1.82) is 0 Å². The molecule has 11 rings (SSSR count). The summed E-state index contributed by atoms with van der Waals surface area (Å²) in [6.45, 7) is 35.4. The second-order valence-electron chi connectivity index (χ2n) is 38.5. The molecule has 8 atom stereocenters. The first kappa shape index (κ1) is 102. The number of pyridine rings is 2. The van der Waals surface area contributed by atoms with E-state index in [1.54, 1.807) is 80.7 Å². The van der Waals surface area contributed by atoms with Crippen molar-refractivity contribution < 1.29 is 71.0 Å². The van der Waals surface area contributed by atoms with Gasteiger partial charge in [0, 0.05) is 30.9 Å². The normalized spacial score (nSPS) is 19.2. The summed E-state index contributed by atoms with van der Waals surface area (Å²) in [7, 11) is -4.76. The molecule has 5 N–H and O–H groups in total. The SMILES string of the molecule is CC(C)[C@@H]1OC(=O)C(C)(C)/C=C/c2ccc3ccc(nc3c2)[C@@H](C)NC(=O)[C@@H]2CCCN(N2)C(=O)[C@H](CO[Si](c2ccccc2)(c2ccccc2)C(C)(C)C)NC1=O.CC(C)[C@H](OC(=O)C(C)(C)/C=C/c1ccc2ccc([C@@H](C)N(C)C(=O)OC(C)(C)C)nc2c1)C(=O)N[C@@H](CO[Si](c1ccccc1)(c1ccccc1)C(C)(C)C)C(=O)N1CCC[C@@H](C(=O)OCC(Cl)(Cl)Cl)N1. The third kappa shape index (κ3) is 25.5. The number of esters is 3. The van der Waals surface area contributed by atoms with Gasteiger partial charge in [-0.3, -0.25) is 58.3 Å². The topological polar surface area (TPSA) is 305 Å². The third-order valence-electron chi connectivity index (χ3n) is 23.5. The minimum absolute atomic E-state index is 0.177. The Morgan fingerprint density at radius 2 is 1.19 bits per heavy atom. The van der Waals surface area contributed by atoms with Crippen LogP contribution in [0.4, 0.5) is 4.79 Å². The fourth-order valence-corrected chi connectivity index (χ4v) is 25.3. The summed E-state index contributed by atoms with van der Waals surface area (Å²) < 4.78 is 35.4. The monoisotopic (exact) mass is 1870 g/mol. The molecule has 2 saturated heterocycles. The molecule has 3 aliphatic rings. The van der Waals surface area contributed by atoms with Gasteiger partial charge in [-0.1, -0.05) is 286 Å². The molecule has 30 heteroatoms. The quantitative estimate of drug-likeness (QED) is 0.0172. The summed E-state index contributed by atoms with van der Waals surface area (Å²) in [5, 5.41) is 16.5. The number of nitrogens with zero attached hydrogens (tertiary/aromatic N) is 5. The molecule has 6 aromatic carbocycles. The van der Waals surface area contributed by atoms with Crippen molar-refractivity contribution in [2.45, 2.75) is 225 Å². The van der Waals surface area contributed by atoms with E-state index in [1.165, 1.54) is 14.9 Å². The van der Waals surface area contributed by atoms with Crippen molar-refractivity contribution in [2.24, 2.45) is 22.7 Å². The minimum Gasteiger partial charge on any atom is -0.460 e. The van der Waals surface area contributed by atoms with Gasteiger partial charge in [0.2, 0.25) is 9.70 Å². The lowest BCUT2D eigenvalue weighted by Gasteiger charge is -2.44. The summed E-state index contributed by atoms with van der Waals surface area (Å²) in [4.78, 5) is 137. The number of carbonyl (C=O) groups is 9. The van der Waals surface area contributed by atoms with Gasteiger partial charge in [-0.15, -0.1) is 0 Å². The lowest BCUT2D eigenvalue weighted by molar-refractivity contribution is -0.165. The molecule has 5 bridgehead atoms. The lowest BCUT2D eigenvalue weighted by Crippen LogP contribution is -2.68. The highest BCUT2D eigenvalue weighted by Crippen LogP contribution is 2.40. The molecule has 8 aromatic rings. The van der Waals surface area contributed by atoms with Crippen molar-refractivity contribution >= 4 is 160 Å². The van der Waals surface area contributed by atoms with Crippen LogP contribution in [0.2, 0.25) is 10.1 Å². The van der Waals surface area contributed by atoms with E-state index < -0.39 is 155 Å². The largest absolute Gasteiger partial charge is 0.460 e. The van der Waals surface area contributed by atoms with Crippen LogP contribution in [0.3, 0.4) is 0 Å². The maximum Gasteiger partial charge on any atom is 0.410 e. The molecule has 5 heterocycles. The number of amides is 6. The van der Waals surface area contributed by atoms with Crippen LogP contribution in [-0.2, 0) is 66.2 Å². The highest BCUT2D eigenvalue weighted by molar-refractivity contribution is 7.00. The van der Waals surface area contributed by atoms with Gasteiger partial charge in [0.15, 0.2) is 12.2 Å². The Hall–Kier alpha value is -10.2. The van der Waals surface area contributed by atoms with Crippen molar-refractivity contribution in [3.63, 3.8) is 0 Å². The Balaban J connectivity index is 0.000000276. The average Bonchev–Trinajstić information content (AvgIpc) is 0.747. The van der Waals surface area contributed by atoms with Gasteiger partial charge >= 0.3 is 24.0 Å². The lowest BCUT2D eigenvalue weighted by atomic mass is 9.91. The van der Waals surface area contributed by atoms with Crippen LogP contribution in [0.15, 0.2) is 194 Å². The number of hydrogen-bond acceptors (Lipinski definition) is 19. The molecule has 0 saturated carbocycles. The van der Waals surface area contributed by atoms with Gasteiger partial charge in [-0.2, -0.15) is 0 Å². The summed E-state index contributed by atoms with van der Waals surface area (Å²) in [5.74, 6) is -5.57. The Kier molecular flexibility index (Phi) is 33.7. The fraction of sp³-hybridized carbons (Fsp3) is 0.450. The number of fused-ring (bicyclic) bond motifs is 5. The summed E-state index contributed by atoms with van der Waals surface area (Å²) in [6, 6.07) is 54.1. The number of hydrazine groups is 2. The second kappa shape index (κ2) is 43.0. The van der Waals surface area contributed by atoms with Gasteiger partial charge in [-0.25, -0.2) is 15.6 Å². The van der Waals surface area contributed by atoms with Crippen LogP contribution in [0.1, 0.15) is 192 Å². The third-order valence-corrected chi connectivity index (χ3v) is 33.8. The van der Waals surface area contributed by atoms with Gasteiger partial charge < -0.3 is 48.6 Å². The predicted octanol–water partition coefficient (Wildman–Crippen LogP) is 14.8. The van der Waals surface area contributed by atoms with Crippen molar-refractivity contribution in [3.8, 4) is 0 Å². The minimum atomic E-state index is -3.27. The highest BCUT2D eigenvalue weighted by atomic mass is 35.6. The number of cyclic esters (lactones) is 1. The zero-order chi connectivity index (χ0) is 95.2. The number of carbonyl (C=O) groups excluding carboxylic acids is 9. The average molecular weight is 1870 g/mol. The number of ether oxygens (including phenoxy) is 4. The molecule has 0 unspecified atom stereocenters. The second-order valence-corrected chi connectivity index (χ2v) is 49.7.